The third-order valence-corrected chi connectivity index (χ3v) is 5.05. The zero-order valence-electron chi connectivity index (χ0n) is 17.0. The number of fused-ring (bicyclic) bond motifs is 1. The third kappa shape index (κ3) is 6.89. The SMILES string of the molecule is CCCCCCCCCCCCOC(=O)c1c(OC)ccc2ccccc12. The van der Waals surface area contributed by atoms with Crippen molar-refractivity contribution in [2.45, 2.75) is 71.1 Å². The van der Waals surface area contributed by atoms with Crippen LogP contribution in [0.15, 0.2) is 36.4 Å². The highest BCUT2D eigenvalue weighted by atomic mass is 16.5. The van der Waals surface area contributed by atoms with E-state index in [0.717, 1.165) is 23.6 Å². The van der Waals surface area contributed by atoms with E-state index in [1.54, 1.807) is 7.11 Å². The number of carbonyl (C=O) groups excluding carboxylic acids is 1. The molecule has 0 unspecified atom stereocenters. The van der Waals surface area contributed by atoms with Crippen molar-refractivity contribution in [1.82, 2.24) is 0 Å². The maximum atomic E-state index is 12.6. The molecule has 0 aliphatic rings. The smallest absolute Gasteiger partial charge is 0.342 e. The lowest BCUT2D eigenvalue weighted by molar-refractivity contribution is 0.0496. The molecule has 0 aliphatic carbocycles. The molecule has 2 aromatic rings. The molecule has 2 rings (SSSR count). The number of carbonyl (C=O) groups is 1. The summed E-state index contributed by atoms with van der Waals surface area (Å²) < 4.78 is 10.9. The van der Waals surface area contributed by atoms with Gasteiger partial charge in [-0.2, -0.15) is 0 Å². The highest BCUT2D eigenvalue weighted by molar-refractivity contribution is 6.07. The molecule has 0 amide bonds. The van der Waals surface area contributed by atoms with Gasteiger partial charge in [0.25, 0.3) is 0 Å². The summed E-state index contributed by atoms with van der Waals surface area (Å²) in [4.78, 5) is 12.6. The normalized spacial score (nSPS) is 10.9. The Morgan fingerprint density at radius 3 is 2.11 bits per heavy atom. The highest BCUT2D eigenvalue weighted by Gasteiger charge is 2.17. The summed E-state index contributed by atoms with van der Waals surface area (Å²) in [7, 11) is 1.59. The van der Waals surface area contributed by atoms with Crippen molar-refractivity contribution >= 4 is 16.7 Å². The van der Waals surface area contributed by atoms with Crippen LogP contribution in [-0.2, 0) is 4.74 Å². The van der Waals surface area contributed by atoms with Gasteiger partial charge < -0.3 is 9.47 Å². The number of hydrogen-bond acceptors (Lipinski definition) is 3. The summed E-state index contributed by atoms with van der Waals surface area (Å²) in [5, 5.41) is 1.90. The predicted molar refractivity (Wildman–Crippen MR) is 113 cm³/mol. The third-order valence-electron chi connectivity index (χ3n) is 5.05. The molecule has 0 bridgehead atoms. The highest BCUT2D eigenvalue weighted by Crippen LogP contribution is 2.28. The minimum atomic E-state index is -0.292. The van der Waals surface area contributed by atoms with E-state index in [1.807, 2.05) is 36.4 Å². The van der Waals surface area contributed by atoms with E-state index in [9.17, 15) is 4.79 Å². The molecule has 3 heteroatoms. The number of ether oxygens (including phenoxy) is 2. The van der Waals surface area contributed by atoms with E-state index in [1.165, 1.54) is 51.4 Å². The van der Waals surface area contributed by atoms with Crippen molar-refractivity contribution in [3.63, 3.8) is 0 Å². The lowest BCUT2D eigenvalue weighted by Crippen LogP contribution is -2.09. The van der Waals surface area contributed by atoms with Crippen LogP contribution >= 0.6 is 0 Å². The summed E-state index contributed by atoms with van der Waals surface area (Å²) in [5.74, 6) is 0.279. The number of esters is 1. The zero-order valence-corrected chi connectivity index (χ0v) is 17.0. The Bertz CT molecular complexity index is 693. The fourth-order valence-electron chi connectivity index (χ4n) is 3.46. The molecule has 0 saturated carbocycles. The number of methoxy groups -OCH3 is 1. The molecule has 2 aromatic carbocycles. The summed E-state index contributed by atoms with van der Waals surface area (Å²) in [6.07, 6.45) is 12.7. The second-order valence-electron chi connectivity index (χ2n) is 7.18. The van der Waals surface area contributed by atoms with E-state index in [0.29, 0.717) is 17.9 Å². The van der Waals surface area contributed by atoms with Crippen LogP contribution in [0.2, 0.25) is 0 Å². The van der Waals surface area contributed by atoms with Gasteiger partial charge in [0.05, 0.1) is 13.7 Å². The zero-order chi connectivity index (χ0) is 19.3. The van der Waals surface area contributed by atoms with E-state index in [4.69, 9.17) is 9.47 Å². The van der Waals surface area contributed by atoms with Gasteiger partial charge in [-0.25, -0.2) is 4.79 Å². The van der Waals surface area contributed by atoms with Gasteiger partial charge in [0, 0.05) is 0 Å². The molecular formula is C24H34O3. The summed E-state index contributed by atoms with van der Waals surface area (Å²) in [6, 6.07) is 11.6. The molecule has 0 aliphatic heterocycles. The first-order valence-corrected chi connectivity index (χ1v) is 10.5. The number of rotatable bonds is 13. The Morgan fingerprint density at radius 2 is 1.44 bits per heavy atom. The van der Waals surface area contributed by atoms with E-state index in [2.05, 4.69) is 6.92 Å². The van der Waals surface area contributed by atoms with Crippen molar-refractivity contribution in [1.29, 1.82) is 0 Å². The van der Waals surface area contributed by atoms with Crippen molar-refractivity contribution in [3.05, 3.63) is 42.0 Å². The average Bonchev–Trinajstić information content (AvgIpc) is 2.70. The molecule has 0 atom stereocenters. The Kier molecular flexibility index (Phi) is 9.75. The van der Waals surface area contributed by atoms with Crippen LogP contribution < -0.4 is 4.74 Å². The molecule has 0 saturated heterocycles. The van der Waals surface area contributed by atoms with Gasteiger partial charge >= 0.3 is 5.97 Å². The Hall–Kier alpha value is -2.03. The number of benzene rings is 2. The molecule has 0 heterocycles. The lowest BCUT2D eigenvalue weighted by atomic mass is 10.0. The van der Waals surface area contributed by atoms with Crippen LogP contribution in [-0.4, -0.2) is 19.7 Å². The van der Waals surface area contributed by atoms with Crippen LogP contribution in [0.3, 0.4) is 0 Å². The summed E-state index contributed by atoms with van der Waals surface area (Å²) in [5.41, 5.74) is 0.530. The Labute approximate surface area is 164 Å². The van der Waals surface area contributed by atoms with Crippen LogP contribution in [0.5, 0.6) is 5.75 Å². The van der Waals surface area contributed by atoms with Crippen molar-refractivity contribution < 1.29 is 14.3 Å². The van der Waals surface area contributed by atoms with Crippen molar-refractivity contribution in [3.8, 4) is 5.75 Å². The molecule has 0 radical (unpaired) electrons. The molecule has 0 fully saturated rings. The molecule has 148 valence electrons. The first-order chi connectivity index (χ1) is 13.3. The van der Waals surface area contributed by atoms with Crippen molar-refractivity contribution in [2.24, 2.45) is 0 Å². The second kappa shape index (κ2) is 12.4. The van der Waals surface area contributed by atoms with E-state index < -0.39 is 0 Å². The van der Waals surface area contributed by atoms with Gasteiger partial charge in [-0.15, -0.1) is 0 Å². The minimum Gasteiger partial charge on any atom is -0.496 e. The van der Waals surface area contributed by atoms with Gasteiger partial charge in [0.1, 0.15) is 11.3 Å². The van der Waals surface area contributed by atoms with Crippen LogP contribution in [0.4, 0.5) is 0 Å². The van der Waals surface area contributed by atoms with E-state index >= 15 is 0 Å². The predicted octanol–water partition coefficient (Wildman–Crippen LogP) is 6.93. The molecule has 0 spiro atoms. The number of unbranched alkanes of at least 4 members (excludes halogenated alkanes) is 9. The van der Waals surface area contributed by atoms with Gasteiger partial charge in [-0.3, -0.25) is 0 Å². The van der Waals surface area contributed by atoms with Gasteiger partial charge in [-0.05, 0) is 23.3 Å². The largest absolute Gasteiger partial charge is 0.496 e. The van der Waals surface area contributed by atoms with E-state index in [-0.39, 0.29) is 5.97 Å². The average molecular weight is 371 g/mol. The van der Waals surface area contributed by atoms with Gasteiger partial charge in [-0.1, -0.05) is 95.0 Å². The molecular weight excluding hydrogens is 336 g/mol. The number of hydrogen-bond donors (Lipinski definition) is 0. The summed E-state index contributed by atoms with van der Waals surface area (Å²) in [6.45, 7) is 2.73. The van der Waals surface area contributed by atoms with Crippen molar-refractivity contribution in [2.75, 3.05) is 13.7 Å². The molecule has 27 heavy (non-hydrogen) atoms. The standard InChI is InChI=1S/C24H34O3/c1-3-4-5-6-7-8-9-10-11-14-19-27-24(25)23-21-16-13-12-15-20(21)17-18-22(23)26-2/h12-13,15-18H,3-11,14,19H2,1-2H3. The maximum absolute atomic E-state index is 12.6. The molecule has 0 N–H and O–H groups in total. The van der Waals surface area contributed by atoms with Gasteiger partial charge in [0.2, 0.25) is 0 Å². The Morgan fingerprint density at radius 1 is 0.815 bits per heavy atom. The Balaban J connectivity index is 1.70. The summed E-state index contributed by atoms with van der Waals surface area (Å²) >= 11 is 0. The fourth-order valence-corrected chi connectivity index (χ4v) is 3.46. The molecule has 0 aromatic heterocycles. The fraction of sp³-hybridized carbons (Fsp3) is 0.542. The second-order valence-corrected chi connectivity index (χ2v) is 7.18. The topological polar surface area (TPSA) is 35.5 Å². The maximum Gasteiger partial charge on any atom is 0.342 e. The first-order valence-electron chi connectivity index (χ1n) is 10.5. The lowest BCUT2D eigenvalue weighted by Gasteiger charge is -2.12. The minimum absolute atomic E-state index is 0.292. The van der Waals surface area contributed by atoms with Crippen LogP contribution in [0, 0.1) is 0 Å². The van der Waals surface area contributed by atoms with Crippen LogP contribution in [0.25, 0.3) is 10.8 Å². The first kappa shape index (κ1) is 21.3. The van der Waals surface area contributed by atoms with Crippen LogP contribution in [0.1, 0.15) is 81.5 Å². The van der Waals surface area contributed by atoms with Gasteiger partial charge in [0.15, 0.2) is 0 Å². The molecule has 3 nitrogen and oxygen atoms in total. The quantitative estimate of drug-likeness (QED) is 0.283. The monoisotopic (exact) mass is 370 g/mol.